The molecule has 0 spiro atoms. The van der Waals surface area contributed by atoms with E-state index in [0.29, 0.717) is 0 Å². The first kappa shape index (κ1) is 8.64. The Morgan fingerprint density at radius 1 is 1.58 bits per heavy atom. The van der Waals surface area contributed by atoms with E-state index in [-0.39, 0.29) is 23.6 Å². The smallest absolute Gasteiger partial charge is 0.331 e. The quantitative estimate of drug-likeness (QED) is 0.597. The SMILES string of the molecule is CC(=O)C1C=C(C(=O)O)CC1=O. The molecule has 0 heterocycles. The maximum absolute atomic E-state index is 11.0. The summed E-state index contributed by atoms with van der Waals surface area (Å²) in [5, 5.41) is 8.50. The van der Waals surface area contributed by atoms with Gasteiger partial charge < -0.3 is 5.11 Å². The monoisotopic (exact) mass is 168 g/mol. The minimum Gasteiger partial charge on any atom is -0.478 e. The summed E-state index contributed by atoms with van der Waals surface area (Å²) >= 11 is 0. The van der Waals surface area contributed by atoms with Crippen molar-refractivity contribution in [1.82, 2.24) is 0 Å². The molecule has 0 amide bonds. The van der Waals surface area contributed by atoms with Gasteiger partial charge >= 0.3 is 5.97 Å². The van der Waals surface area contributed by atoms with E-state index in [1.807, 2.05) is 0 Å². The van der Waals surface area contributed by atoms with E-state index in [1.165, 1.54) is 13.0 Å². The Balaban J connectivity index is 2.87. The Morgan fingerprint density at radius 2 is 2.17 bits per heavy atom. The maximum atomic E-state index is 11.0. The van der Waals surface area contributed by atoms with Crippen LogP contribution in [0.15, 0.2) is 11.6 Å². The summed E-state index contributed by atoms with van der Waals surface area (Å²) in [6, 6.07) is 0. The van der Waals surface area contributed by atoms with Gasteiger partial charge in [-0.1, -0.05) is 6.08 Å². The van der Waals surface area contributed by atoms with E-state index >= 15 is 0 Å². The van der Waals surface area contributed by atoms with Crippen LogP contribution < -0.4 is 0 Å². The maximum Gasteiger partial charge on any atom is 0.331 e. The van der Waals surface area contributed by atoms with E-state index in [4.69, 9.17) is 5.11 Å². The molecule has 1 unspecified atom stereocenters. The Bertz CT molecular complexity index is 287. The van der Waals surface area contributed by atoms with E-state index in [0.717, 1.165) is 0 Å². The molecule has 0 bridgehead atoms. The van der Waals surface area contributed by atoms with Crippen molar-refractivity contribution in [3.63, 3.8) is 0 Å². The lowest BCUT2D eigenvalue weighted by molar-refractivity contribution is -0.134. The molecule has 4 nitrogen and oxygen atoms in total. The van der Waals surface area contributed by atoms with E-state index in [1.54, 1.807) is 0 Å². The van der Waals surface area contributed by atoms with Crippen molar-refractivity contribution in [2.75, 3.05) is 0 Å². The van der Waals surface area contributed by atoms with Crippen LogP contribution in [0.4, 0.5) is 0 Å². The molecule has 1 rings (SSSR count). The minimum absolute atomic E-state index is 0.0280. The fourth-order valence-electron chi connectivity index (χ4n) is 1.14. The Labute approximate surface area is 68.9 Å². The third-order valence-corrected chi connectivity index (χ3v) is 1.79. The Morgan fingerprint density at radius 3 is 2.42 bits per heavy atom. The number of carboxylic acid groups (broad SMARTS) is 1. The molecular formula is C8H8O4. The molecule has 0 saturated carbocycles. The zero-order valence-electron chi connectivity index (χ0n) is 6.53. The Hall–Kier alpha value is -1.45. The first-order chi connectivity index (χ1) is 5.52. The number of hydrogen-bond donors (Lipinski definition) is 1. The standard InChI is InChI=1S/C8H8O4/c1-4(9)6-2-5(8(11)12)3-7(6)10/h2,6H,3H2,1H3,(H,11,12). The first-order valence-corrected chi connectivity index (χ1v) is 3.49. The summed E-state index contributed by atoms with van der Waals surface area (Å²) in [7, 11) is 0. The second kappa shape index (κ2) is 2.89. The van der Waals surface area contributed by atoms with E-state index in [9.17, 15) is 14.4 Å². The molecular weight excluding hydrogens is 160 g/mol. The number of ketones is 2. The lowest BCUT2D eigenvalue weighted by Crippen LogP contribution is -2.14. The second-order valence-corrected chi connectivity index (χ2v) is 2.73. The van der Waals surface area contributed by atoms with Crippen molar-refractivity contribution >= 4 is 17.5 Å². The average Bonchev–Trinajstić information content (AvgIpc) is 2.30. The van der Waals surface area contributed by atoms with Crippen LogP contribution in [0.3, 0.4) is 0 Å². The highest BCUT2D eigenvalue weighted by molar-refractivity contribution is 6.10. The van der Waals surface area contributed by atoms with Gasteiger partial charge in [0.05, 0.1) is 5.92 Å². The van der Waals surface area contributed by atoms with Crippen molar-refractivity contribution in [2.45, 2.75) is 13.3 Å². The number of carbonyl (C=O) groups is 3. The summed E-state index contributed by atoms with van der Waals surface area (Å²) < 4.78 is 0. The number of allylic oxidation sites excluding steroid dienone is 1. The highest BCUT2D eigenvalue weighted by Crippen LogP contribution is 2.21. The van der Waals surface area contributed by atoms with Crippen molar-refractivity contribution in [3.05, 3.63) is 11.6 Å². The molecule has 0 aliphatic heterocycles. The molecule has 0 aromatic rings. The van der Waals surface area contributed by atoms with Gasteiger partial charge in [0.15, 0.2) is 5.78 Å². The molecule has 64 valence electrons. The van der Waals surface area contributed by atoms with E-state index in [2.05, 4.69) is 0 Å². The summed E-state index contributed by atoms with van der Waals surface area (Å²) in [4.78, 5) is 32.1. The number of Topliss-reactive ketones (excluding diaryl/α,β-unsaturated/α-hetero) is 2. The number of carbonyl (C=O) groups excluding carboxylic acids is 2. The molecule has 1 atom stereocenters. The predicted molar refractivity (Wildman–Crippen MR) is 39.5 cm³/mol. The van der Waals surface area contributed by atoms with Gasteiger partial charge in [-0.2, -0.15) is 0 Å². The summed E-state index contributed by atoms with van der Waals surface area (Å²) in [6.07, 6.45) is 1.10. The molecule has 4 heteroatoms. The fourth-order valence-corrected chi connectivity index (χ4v) is 1.14. The van der Waals surface area contributed by atoms with Gasteiger partial charge in [-0.25, -0.2) is 4.79 Å². The molecule has 1 N–H and O–H groups in total. The predicted octanol–water partition coefficient (Wildman–Crippen LogP) is 0.175. The highest BCUT2D eigenvalue weighted by Gasteiger charge is 2.30. The van der Waals surface area contributed by atoms with Crippen LogP contribution in [0.1, 0.15) is 13.3 Å². The van der Waals surface area contributed by atoms with Crippen molar-refractivity contribution in [1.29, 1.82) is 0 Å². The van der Waals surface area contributed by atoms with Gasteiger partial charge in [-0.05, 0) is 6.92 Å². The zero-order valence-corrected chi connectivity index (χ0v) is 6.53. The first-order valence-electron chi connectivity index (χ1n) is 3.49. The van der Waals surface area contributed by atoms with Gasteiger partial charge in [0.25, 0.3) is 0 Å². The number of carboxylic acids is 1. The average molecular weight is 168 g/mol. The van der Waals surface area contributed by atoms with Crippen molar-refractivity contribution in [3.8, 4) is 0 Å². The summed E-state index contributed by atoms with van der Waals surface area (Å²) in [5.41, 5.74) is 0.0280. The molecule has 0 radical (unpaired) electrons. The van der Waals surface area contributed by atoms with Crippen molar-refractivity contribution in [2.24, 2.45) is 5.92 Å². The number of hydrogen-bond acceptors (Lipinski definition) is 3. The third-order valence-electron chi connectivity index (χ3n) is 1.79. The topological polar surface area (TPSA) is 71.4 Å². The zero-order chi connectivity index (χ0) is 9.30. The molecule has 1 aliphatic carbocycles. The van der Waals surface area contributed by atoms with Gasteiger partial charge in [-0.15, -0.1) is 0 Å². The molecule has 0 aromatic carbocycles. The van der Waals surface area contributed by atoms with Crippen molar-refractivity contribution < 1.29 is 19.5 Å². The molecule has 0 aromatic heterocycles. The van der Waals surface area contributed by atoms with Crippen LogP contribution in [-0.4, -0.2) is 22.6 Å². The van der Waals surface area contributed by atoms with Gasteiger partial charge in [0.2, 0.25) is 0 Å². The van der Waals surface area contributed by atoms with Gasteiger partial charge in [-0.3, -0.25) is 9.59 Å². The summed E-state index contributed by atoms with van der Waals surface area (Å²) in [6.45, 7) is 1.28. The Kier molecular flexibility index (Phi) is 2.08. The molecule has 12 heavy (non-hydrogen) atoms. The number of aliphatic carboxylic acids is 1. The largest absolute Gasteiger partial charge is 0.478 e. The minimum atomic E-state index is -1.12. The third kappa shape index (κ3) is 1.42. The lowest BCUT2D eigenvalue weighted by Gasteiger charge is -1.96. The summed E-state index contributed by atoms with van der Waals surface area (Å²) in [5.74, 6) is -2.56. The van der Waals surface area contributed by atoms with Crippen LogP contribution in [0, 0.1) is 5.92 Å². The van der Waals surface area contributed by atoms with Crippen LogP contribution >= 0.6 is 0 Å². The van der Waals surface area contributed by atoms with E-state index < -0.39 is 11.9 Å². The van der Waals surface area contributed by atoms with Gasteiger partial charge in [0.1, 0.15) is 5.78 Å². The van der Waals surface area contributed by atoms with Crippen LogP contribution in [0.5, 0.6) is 0 Å². The molecule has 0 saturated heterocycles. The fraction of sp³-hybridized carbons (Fsp3) is 0.375. The molecule has 0 fully saturated rings. The second-order valence-electron chi connectivity index (χ2n) is 2.73. The normalized spacial score (nSPS) is 22.2. The van der Waals surface area contributed by atoms with Crippen LogP contribution in [0.25, 0.3) is 0 Å². The highest BCUT2D eigenvalue weighted by atomic mass is 16.4. The number of rotatable bonds is 2. The lowest BCUT2D eigenvalue weighted by atomic mass is 10.0. The molecule has 1 aliphatic rings. The van der Waals surface area contributed by atoms with Gasteiger partial charge in [0, 0.05) is 12.0 Å². The van der Waals surface area contributed by atoms with Crippen LogP contribution in [0.2, 0.25) is 0 Å². The van der Waals surface area contributed by atoms with Crippen LogP contribution in [-0.2, 0) is 14.4 Å².